The van der Waals surface area contributed by atoms with Crippen LogP contribution < -0.4 is 4.40 Å². The van der Waals surface area contributed by atoms with Crippen LogP contribution >= 0.6 is 11.3 Å². The third kappa shape index (κ3) is 7.71. The van der Waals surface area contributed by atoms with Gasteiger partial charge >= 0.3 is 99.8 Å². The van der Waals surface area contributed by atoms with Crippen LogP contribution in [-0.4, -0.2) is 32.8 Å². The zero-order valence-corrected chi connectivity index (χ0v) is 37.4. The van der Waals surface area contributed by atoms with Gasteiger partial charge in [0.05, 0.1) is 16.9 Å². The Morgan fingerprint density at radius 1 is 0.672 bits per heavy atom. The number of fused-ring (bicyclic) bond motifs is 4. The van der Waals surface area contributed by atoms with Crippen molar-refractivity contribution in [2.24, 2.45) is 0 Å². The fraction of sp³-hybridized carbons (Fsp3) is 0.0600. The summed E-state index contributed by atoms with van der Waals surface area (Å²) in [7, 11) is 0. The number of nitrogens with zero attached hydrogens (tertiary/aromatic N) is 4. The van der Waals surface area contributed by atoms with Gasteiger partial charge in [0, 0.05) is 48.4 Å². The van der Waals surface area contributed by atoms with E-state index < -0.39 is 13.3 Å². The summed E-state index contributed by atoms with van der Waals surface area (Å²) in [6, 6.07) is 56.9. The van der Waals surface area contributed by atoms with Crippen molar-refractivity contribution in [3.63, 3.8) is 0 Å². The molecule has 0 spiro atoms. The van der Waals surface area contributed by atoms with E-state index in [0.717, 1.165) is 64.9 Å². The number of rotatable bonds is 6. The van der Waals surface area contributed by atoms with Crippen LogP contribution in [-0.2, 0) is 20.1 Å². The first-order valence-corrected chi connectivity index (χ1v) is 27.0. The van der Waals surface area contributed by atoms with Crippen molar-refractivity contribution in [2.75, 3.05) is 0 Å². The van der Waals surface area contributed by atoms with Crippen LogP contribution in [0, 0.1) is 17.9 Å². The molecule has 4 aromatic heterocycles. The molecule has 0 saturated heterocycles. The van der Waals surface area contributed by atoms with E-state index in [1.165, 1.54) is 10.5 Å². The van der Waals surface area contributed by atoms with Crippen LogP contribution in [0.2, 0.25) is 17.3 Å². The summed E-state index contributed by atoms with van der Waals surface area (Å²) >= 11 is -0.0325. The van der Waals surface area contributed by atoms with Gasteiger partial charge in [0.15, 0.2) is 0 Å². The number of imidazole rings is 1. The Kier molecular flexibility index (Phi) is 11.3. The van der Waals surface area contributed by atoms with Gasteiger partial charge in [0.25, 0.3) is 0 Å². The predicted molar refractivity (Wildman–Crippen MR) is 238 cm³/mol. The topological polar surface area (TPSA) is 43.6 Å². The largest absolute Gasteiger partial charge is 0 e. The van der Waals surface area contributed by atoms with Crippen molar-refractivity contribution in [3.8, 4) is 50.6 Å². The average Bonchev–Trinajstić information content (AvgIpc) is 3.84. The molecule has 58 heavy (non-hydrogen) atoms. The van der Waals surface area contributed by atoms with E-state index in [-0.39, 0.29) is 25.9 Å². The normalized spacial score (nSPS) is 11.3. The van der Waals surface area contributed by atoms with Crippen LogP contribution in [0.4, 0.5) is 4.39 Å². The van der Waals surface area contributed by atoms with Gasteiger partial charge in [-0.1, -0.05) is 89.8 Å². The van der Waals surface area contributed by atoms with Crippen molar-refractivity contribution in [1.29, 1.82) is 0 Å². The van der Waals surface area contributed by atoms with Crippen molar-refractivity contribution < 1.29 is 24.5 Å². The van der Waals surface area contributed by atoms with Gasteiger partial charge in [0.2, 0.25) is 0 Å². The fourth-order valence-corrected chi connectivity index (χ4v) is 10.5. The maximum absolute atomic E-state index is 15.8. The third-order valence-corrected chi connectivity index (χ3v) is 15.6. The molecule has 0 saturated carbocycles. The molecule has 4 nitrogen and oxygen atoms in total. The van der Waals surface area contributed by atoms with Crippen LogP contribution in [0.3, 0.4) is 0 Å². The molecule has 0 atom stereocenters. The van der Waals surface area contributed by atoms with Gasteiger partial charge in [-0.2, -0.15) is 11.3 Å². The van der Waals surface area contributed by atoms with Crippen molar-refractivity contribution >= 4 is 60.2 Å². The molecule has 285 valence electrons. The van der Waals surface area contributed by atoms with Crippen LogP contribution in [0.15, 0.2) is 170 Å². The Balaban J connectivity index is 0.000000233. The predicted octanol–water partition coefficient (Wildman–Crippen LogP) is 12.8. The molecule has 0 N–H and O–H groups in total. The summed E-state index contributed by atoms with van der Waals surface area (Å²) < 4.78 is 21.4. The van der Waals surface area contributed by atoms with E-state index in [2.05, 4.69) is 100 Å². The molecule has 4 heterocycles. The van der Waals surface area contributed by atoms with E-state index in [1.54, 1.807) is 17.4 Å². The smallest absolute Gasteiger partial charge is 0 e. The molecule has 1 radical (unpaired) electrons. The molecule has 10 aromatic rings. The Labute approximate surface area is 357 Å². The fourth-order valence-electron chi connectivity index (χ4n) is 7.18. The minimum Gasteiger partial charge on any atom is 0 e. The summed E-state index contributed by atoms with van der Waals surface area (Å²) in [6.45, 7) is 0. The quantitative estimate of drug-likeness (QED) is 0.123. The molecule has 6 aromatic carbocycles. The van der Waals surface area contributed by atoms with E-state index in [4.69, 9.17) is 4.98 Å². The number of pyridine rings is 2. The Bertz CT molecular complexity index is 3000. The number of benzene rings is 6. The van der Waals surface area contributed by atoms with Gasteiger partial charge in [-0.25, -0.2) is 4.39 Å². The van der Waals surface area contributed by atoms with Gasteiger partial charge in [-0.15, -0.1) is 18.2 Å². The molecule has 0 unspecified atom stereocenters. The maximum Gasteiger partial charge on any atom is 0 e. The van der Waals surface area contributed by atoms with Crippen molar-refractivity contribution in [3.05, 3.63) is 188 Å². The van der Waals surface area contributed by atoms with E-state index in [9.17, 15) is 0 Å². The number of hydrogen-bond donors (Lipinski definition) is 0. The van der Waals surface area contributed by atoms with E-state index in [0.29, 0.717) is 16.9 Å². The average molecular weight is 1010 g/mol. The summed E-state index contributed by atoms with van der Waals surface area (Å²) in [6.07, 6.45) is 5.75. The number of para-hydroxylation sites is 1. The van der Waals surface area contributed by atoms with Gasteiger partial charge < -0.3 is 4.57 Å². The Hall–Kier alpha value is -5.57. The minimum atomic E-state index is -1.72. The van der Waals surface area contributed by atoms with Gasteiger partial charge in [-0.05, 0) is 51.0 Å². The monoisotopic (exact) mass is 1010 g/mol. The molecule has 0 aliphatic carbocycles. The zero-order valence-electron chi connectivity index (χ0n) is 32.1. The Morgan fingerprint density at radius 2 is 1.45 bits per heavy atom. The van der Waals surface area contributed by atoms with Crippen LogP contribution in [0.25, 0.3) is 81.8 Å². The molecule has 0 aliphatic heterocycles. The number of thiophene rings is 1. The third-order valence-electron chi connectivity index (χ3n) is 10.1. The molecule has 0 bridgehead atoms. The molecule has 0 amide bonds. The standard InChI is InChI=1S/C36H21FN3S.C14H16GeN.Ir/c37-30-15-8-16-31-34(30)40(36(39-31)28-14-7-13-27-29-22-38-20-19-33(29)41-35(27)28)32-21-25(23-9-3-1-4-10-23)17-18-26(32)24-11-5-2-6-12-24;1-15(2,3)13-9-10-14(16-11-13)12-7-5-4-6-8-12;/h1-13,15-22H;4-7,9-11H,1-3H3;/q2*-1;. The second-order valence-electron chi connectivity index (χ2n) is 14.9. The summed E-state index contributed by atoms with van der Waals surface area (Å²) in [4.78, 5) is 14.0. The maximum atomic E-state index is 15.8. The number of hydrogen-bond acceptors (Lipinski definition) is 4. The van der Waals surface area contributed by atoms with Crippen LogP contribution in [0.5, 0.6) is 0 Å². The molecule has 8 heteroatoms. The SMILES string of the molecule is Fc1cccc2nc(-c3[c-]ccc4c3sc3ccncc34)n(-c3cc(-c4ccccc4)ccc3-c3ccccc3)c12.[CH3][Ge]([CH3])([CH3])[c]1ccc(-c2[c-]cccc2)nc1.[Ir]. The molecule has 0 fully saturated rings. The molecular weight excluding hydrogens is 972 g/mol. The summed E-state index contributed by atoms with van der Waals surface area (Å²) in [5.74, 6) is 7.47. The summed E-state index contributed by atoms with van der Waals surface area (Å²) in [5.41, 5.74) is 8.96. The van der Waals surface area contributed by atoms with Crippen molar-refractivity contribution in [2.45, 2.75) is 17.3 Å². The molecular formula is C50H37FGeIrN4S-2. The first-order chi connectivity index (χ1) is 27.8. The molecule has 0 aliphatic rings. The Morgan fingerprint density at radius 3 is 2.17 bits per heavy atom. The first kappa shape index (κ1) is 39.3. The number of aromatic nitrogens is 4. The summed E-state index contributed by atoms with van der Waals surface area (Å²) in [5, 5.41) is 2.18. The van der Waals surface area contributed by atoms with Gasteiger partial charge in [0.1, 0.15) is 5.82 Å². The first-order valence-electron chi connectivity index (χ1n) is 18.9. The minimum absolute atomic E-state index is 0. The van der Waals surface area contributed by atoms with Gasteiger partial charge in [-0.3, -0.25) is 9.97 Å². The second-order valence-corrected chi connectivity index (χ2v) is 26.6. The van der Waals surface area contributed by atoms with Crippen molar-refractivity contribution in [1.82, 2.24) is 19.5 Å². The number of halogens is 1. The van der Waals surface area contributed by atoms with E-state index >= 15 is 4.39 Å². The van der Waals surface area contributed by atoms with E-state index in [1.807, 2.05) is 102 Å². The zero-order chi connectivity index (χ0) is 38.9. The second kappa shape index (κ2) is 16.7. The van der Waals surface area contributed by atoms with Crippen LogP contribution in [0.1, 0.15) is 0 Å². The molecule has 10 rings (SSSR count).